The third-order valence-corrected chi connectivity index (χ3v) is 5.52. The molecule has 0 spiro atoms. The lowest BCUT2D eigenvalue weighted by Gasteiger charge is -2.25. The third-order valence-electron chi connectivity index (χ3n) is 4.33. The predicted octanol–water partition coefficient (Wildman–Crippen LogP) is 3.38. The number of amides is 2. The number of carbonyl (C=O) groups is 1. The van der Waals surface area contributed by atoms with Crippen molar-refractivity contribution in [1.29, 1.82) is 0 Å². The maximum atomic E-state index is 13.2. The van der Waals surface area contributed by atoms with E-state index >= 15 is 0 Å². The van der Waals surface area contributed by atoms with Gasteiger partial charge in [0.1, 0.15) is 5.82 Å². The Balaban J connectivity index is 2.33. The minimum absolute atomic E-state index is 0.0121. The second-order valence-electron chi connectivity index (χ2n) is 7.65. The van der Waals surface area contributed by atoms with E-state index in [0.29, 0.717) is 11.3 Å². The SMILES string of the molecule is CC(C)NC(=O)Nc1ccc(N(C)C)c(CN(Cc2ccc(F)cc2)S(C)(=O)=O)c1. The van der Waals surface area contributed by atoms with Crippen LogP contribution >= 0.6 is 0 Å². The molecule has 2 N–H and O–H groups in total. The fourth-order valence-corrected chi connectivity index (χ4v) is 3.69. The molecule has 0 saturated heterocycles. The summed E-state index contributed by atoms with van der Waals surface area (Å²) < 4.78 is 39.4. The molecule has 2 aromatic carbocycles. The Bertz CT molecular complexity index is 976. The number of urea groups is 1. The minimum atomic E-state index is -3.54. The van der Waals surface area contributed by atoms with Crippen molar-refractivity contribution in [3.05, 3.63) is 59.4 Å². The van der Waals surface area contributed by atoms with E-state index in [1.54, 1.807) is 24.3 Å². The quantitative estimate of drug-likeness (QED) is 0.665. The van der Waals surface area contributed by atoms with Crippen LogP contribution in [0.15, 0.2) is 42.5 Å². The van der Waals surface area contributed by atoms with Crippen molar-refractivity contribution in [2.45, 2.75) is 33.0 Å². The van der Waals surface area contributed by atoms with Gasteiger partial charge in [0.25, 0.3) is 0 Å². The van der Waals surface area contributed by atoms with Crippen molar-refractivity contribution in [1.82, 2.24) is 9.62 Å². The number of halogens is 1. The van der Waals surface area contributed by atoms with Crippen LogP contribution in [-0.2, 0) is 23.1 Å². The molecule has 9 heteroatoms. The van der Waals surface area contributed by atoms with E-state index in [0.717, 1.165) is 17.5 Å². The van der Waals surface area contributed by atoms with Gasteiger partial charge in [0.05, 0.1) is 6.26 Å². The molecule has 0 saturated carbocycles. The Morgan fingerprint density at radius 3 is 2.23 bits per heavy atom. The first kappa shape index (κ1) is 23.6. The minimum Gasteiger partial charge on any atom is -0.377 e. The van der Waals surface area contributed by atoms with Gasteiger partial charge < -0.3 is 15.5 Å². The summed E-state index contributed by atoms with van der Waals surface area (Å²) in [4.78, 5) is 13.9. The van der Waals surface area contributed by atoms with E-state index in [1.165, 1.54) is 16.4 Å². The molecule has 0 aliphatic heterocycles. The lowest BCUT2D eigenvalue weighted by Crippen LogP contribution is -2.34. The zero-order chi connectivity index (χ0) is 22.5. The summed E-state index contributed by atoms with van der Waals surface area (Å²) in [5, 5.41) is 5.52. The number of carbonyl (C=O) groups excluding carboxylic acids is 1. The van der Waals surface area contributed by atoms with Gasteiger partial charge in [-0.2, -0.15) is 4.31 Å². The van der Waals surface area contributed by atoms with Crippen LogP contribution in [-0.4, -0.2) is 45.1 Å². The summed E-state index contributed by atoms with van der Waals surface area (Å²) in [6.07, 6.45) is 1.14. The average Bonchev–Trinajstić information content (AvgIpc) is 2.61. The summed E-state index contributed by atoms with van der Waals surface area (Å²) in [6.45, 7) is 3.93. The van der Waals surface area contributed by atoms with Crippen molar-refractivity contribution in [2.24, 2.45) is 0 Å². The van der Waals surface area contributed by atoms with Gasteiger partial charge in [-0.05, 0) is 55.3 Å². The molecule has 30 heavy (non-hydrogen) atoms. The van der Waals surface area contributed by atoms with Gasteiger partial charge in [0.2, 0.25) is 10.0 Å². The fraction of sp³-hybridized carbons (Fsp3) is 0.381. The van der Waals surface area contributed by atoms with Crippen LogP contribution in [0.3, 0.4) is 0 Å². The summed E-state index contributed by atoms with van der Waals surface area (Å²) in [6, 6.07) is 10.8. The van der Waals surface area contributed by atoms with E-state index in [1.807, 2.05) is 38.9 Å². The maximum absolute atomic E-state index is 13.2. The number of rotatable bonds is 8. The smallest absolute Gasteiger partial charge is 0.319 e. The summed E-state index contributed by atoms with van der Waals surface area (Å²) in [5.41, 5.74) is 2.80. The summed E-state index contributed by atoms with van der Waals surface area (Å²) in [5.74, 6) is -0.377. The largest absolute Gasteiger partial charge is 0.377 e. The first-order valence-corrected chi connectivity index (χ1v) is 11.4. The number of nitrogens with zero attached hydrogens (tertiary/aromatic N) is 2. The van der Waals surface area contributed by atoms with Crippen LogP contribution in [0, 0.1) is 5.82 Å². The van der Waals surface area contributed by atoms with Gasteiger partial charge in [-0.1, -0.05) is 12.1 Å². The van der Waals surface area contributed by atoms with Crippen molar-refractivity contribution in [3.63, 3.8) is 0 Å². The molecule has 0 heterocycles. The van der Waals surface area contributed by atoms with E-state index in [2.05, 4.69) is 10.6 Å². The first-order valence-electron chi connectivity index (χ1n) is 9.53. The van der Waals surface area contributed by atoms with E-state index < -0.39 is 10.0 Å². The highest BCUT2D eigenvalue weighted by Gasteiger charge is 2.20. The highest BCUT2D eigenvalue weighted by atomic mass is 32.2. The molecule has 2 rings (SSSR count). The Kier molecular flexibility index (Phi) is 7.80. The highest BCUT2D eigenvalue weighted by molar-refractivity contribution is 7.88. The lowest BCUT2D eigenvalue weighted by molar-refractivity contribution is 0.250. The Morgan fingerprint density at radius 1 is 1.07 bits per heavy atom. The van der Waals surface area contributed by atoms with Gasteiger partial charge in [-0.25, -0.2) is 17.6 Å². The lowest BCUT2D eigenvalue weighted by atomic mass is 10.1. The molecule has 0 fully saturated rings. The molecule has 0 radical (unpaired) electrons. The zero-order valence-electron chi connectivity index (χ0n) is 17.9. The molecule has 164 valence electrons. The normalized spacial score (nSPS) is 11.6. The predicted molar refractivity (Wildman–Crippen MR) is 119 cm³/mol. The molecule has 0 aliphatic rings. The standard InChI is InChI=1S/C21H29FN4O3S/c1-15(2)23-21(27)24-19-10-11-20(25(3)4)17(12-19)14-26(30(5,28)29)13-16-6-8-18(22)9-7-16/h6-12,15H,13-14H2,1-5H3,(H2,23,24,27). The van der Waals surface area contributed by atoms with E-state index in [9.17, 15) is 17.6 Å². The van der Waals surface area contributed by atoms with E-state index in [4.69, 9.17) is 0 Å². The Morgan fingerprint density at radius 2 is 1.70 bits per heavy atom. The van der Waals surface area contributed by atoms with E-state index in [-0.39, 0.29) is 31.0 Å². The Hall–Kier alpha value is -2.65. The van der Waals surface area contributed by atoms with Crippen LogP contribution in [0.5, 0.6) is 0 Å². The molecule has 2 aromatic rings. The van der Waals surface area contributed by atoms with Gasteiger partial charge in [-0.15, -0.1) is 0 Å². The van der Waals surface area contributed by atoms with Crippen LogP contribution in [0.4, 0.5) is 20.6 Å². The summed E-state index contributed by atoms with van der Waals surface area (Å²) >= 11 is 0. The summed E-state index contributed by atoms with van der Waals surface area (Å²) in [7, 11) is 0.182. The zero-order valence-corrected chi connectivity index (χ0v) is 18.8. The molecule has 0 bridgehead atoms. The second-order valence-corrected chi connectivity index (χ2v) is 9.63. The second kappa shape index (κ2) is 9.90. The van der Waals surface area contributed by atoms with Crippen LogP contribution < -0.4 is 15.5 Å². The molecule has 0 aromatic heterocycles. The monoisotopic (exact) mass is 436 g/mol. The maximum Gasteiger partial charge on any atom is 0.319 e. The molecular formula is C21H29FN4O3S. The highest BCUT2D eigenvalue weighted by Crippen LogP contribution is 2.26. The first-order chi connectivity index (χ1) is 14.0. The number of benzene rings is 2. The third kappa shape index (κ3) is 7.00. The van der Waals surface area contributed by atoms with Gasteiger partial charge in [0.15, 0.2) is 0 Å². The average molecular weight is 437 g/mol. The molecular weight excluding hydrogens is 407 g/mol. The van der Waals surface area contributed by atoms with Crippen molar-refractivity contribution >= 4 is 27.4 Å². The number of anilines is 2. The van der Waals surface area contributed by atoms with Gasteiger partial charge in [-0.3, -0.25) is 0 Å². The van der Waals surface area contributed by atoms with Crippen LogP contribution in [0.25, 0.3) is 0 Å². The number of sulfonamides is 1. The van der Waals surface area contributed by atoms with Crippen LogP contribution in [0.2, 0.25) is 0 Å². The number of hydrogen-bond acceptors (Lipinski definition) is 4. The van der Waals surface area contributed by atoms with Crippen LogP contribution in [0.1, 0.15) is 25.0 Å². The number of hydrogen-bond donors (Lipinski definition) is 2. The molecule has 2 amide bonds. The van der Waals surface area contributed by atoms with Crippen molar-refractivity contribution < 1.29 is 17.6 Å². The topological polar surface area (TPSA) is 81.8 Å². The molecule has 0 unspecified atom stereocenters. The van der Waals surface area contributed by atoms with Crippen molar-refractivity contribution in [2.75, 3.05) is 30.6 Å². The molecule has 0 atom stereocenters. The van der Waals surface area contributed by atoms with Gasteiger partial charge >= 0.3 is 6.03 Å². The molecule has 0 aliphatic carbocycles. The fourth-order valence-electron chi connectivity index (χ4n) is 2.93. The number of nitrogens with one attached hydrogen (secondary N) is 2. The Labute approximate surface area is 177 Å². The van der Waals surface area contributed by atoms with Gasteiger partial charge in [0, 0.05) is 44.6 Å². The van der Waals surface area contributed by atoms with Crippen molar-refractivity contribution in [3.8, 4) is 0 Å². The molecule has 7 nitrogen and oxygen atoms in total.